The van der Waals surface area contributed by atoms with Crippen molar-refractivity contribution in [3.05, 3.63) is 65.0 Å². The molecule has 3 rings (SSSR count). The van der Waals surface area contributed by atoms with Crippen molar-refractivity contribution in [3.8, 4) is 11.8 Å². The van der Waals surface area contributed by atoms with Crippen molar-refractivity contribution in [1.29, 1.82) is 5.26 Å². The second-order valence-electron chi connectivity index (χ2n) is 7.69. The first-order valence-corrected chi connectivity index (χ1v) is 11.6. The number of carbonyl (C=O) groups excluding carboxylic acids is 1. The molecular weight excluding hydrogens is 381 g/mol. The number of nitrogens with zero attached hydrogens (tertiary/aromatic N) is 1. The van der Waals surface area contributed by atoms with Gasteiger partial charge in [-0.1, -0.05) is 44.9 Å². The van der Waals surface area contributed by atoms with Gasteiger partial charge in [-0.3, -0.25) is 0 Å². The van der Waals surface area contributed by atoms with Gasteiger partial charge in [-0.25, -0.2) is 9.18 Å². The lowest BCUT2D eigenvalue weighted by Gasteiger charge is -2.40. The van der Waals surface area contributed by atoms with E-state index in [2.05, 4.69) is 13.8 Å². The van der Waals surface area contributed by atoms with Crippen LogP contribution in [-0.2, 0) is 5.41 Å². The van der Waals surface area contributed by atoms with Gasteiger partial charge >= 0.3 is 5.97 Å². The van der Waals surface area contributed by atoms with E-state index in [1.807, 2.05) is 12.1 Å². The minimum atomic E-state index is -0.697. The van der Waals surface area contributed by atoms with Gasteiger partial charge in [-0.05, 0) is 60.0 Å². The third-order valence-electron chi connectivity index (χ3n) is 6.12. The average molecular weight is 408 g/mol. The van der Waals surface area contributed by atoms with Gasteiger partial charge in [0.2, 0.25) is 0 Å². The van der Waals surface area contributed by atoms with E-state index in [-0.39, 0.29) is 16.7 Å². The lowest BCUT2D eigenvalue weighted by Crippen LogP contribution is -2.31. The van der Waals surface area contributed by atoms with Crippen LogP contribution in [0.25, 0.3) is 0 Å². The van der Waals surface area contributed by atoms with Crippen LogP contribution in [0.1, 0.15) is 67.4 Å². The predicted molar refractivity (Wildman–Crippen MR) is 113 cm³/mol. The number of nitriles is 1. The second-order valence-corrected chi connectivity index (χ2v) is 9.62. The SMILES string of the molecule is CC[Si]C1CCC(CC)(c2ccc(C(=O)Oc3ccc(C#N)c(F)c3)cc2)CC1. The Bertz CT molecular complexity index is 896. The minimum absolute atomic E-state index is 0.0757. The molecule has 1 aliphatic carbocycles. The van der Waals surface area contributed by atoms with Crippen LogP contribution in [0.5, 0.6) is 5.75 Å². The van der Waals surface area contributed by atoms with Gasteiger partial charge in [-0.15, -0.1) is 0 Å². The largest absolute Gasteiger partial charge is 0.423 e. The Labute approximate surface area is 174 Å². The van der Waals surface area contributed by atoms with Crippen molar-refractivity contribution in [3.63, 3.8) is 0 Å². The van der Waals surface area contributed by atoms with E-state index < -0.39 is 11.8 Å². The topological polar surface area (TPSA) is 50.1 Å². The van der Waals surface area contributed by atoms with Crippen molar-refractivity contribution in [2.75, 3.05) is 0 Å². The fourth-order valence-corrected chi connectivity index (χ4v) is 5.56. The van der Waals surface area contributed by atoms with Gasteiger partial charge in [-0.2, -0.15) is 5.26 Å². The summed E-state index contributed by atoms with van der Waals surface area (Å²) in [7, 11) is 1.07. The third kappa shape index (κ3) is 4.76. The number of halogens is 1. The summed E-state index contributed by atoms with van der Waals surface area (Å²) >= 11 is 0. The monoisotopic (exact) mass is 407 g/mol. The maximum atomic E-state index is 13.7. The van der Waals surface area contributed by atoms with Crippen LogP contribution in [0, 0.1) is 17.1 Å². The van der Waals surface area contributed by atoms with Crippen LogP contribution in [0.4, 0.5) is 4.39 Å². The van der Waals surface area contributed by atoms with Crippen molar-refractivity contribution >= 4 is 15.5 Å². The average Bonchev–Trinajstić information content (AvgIpc) is 2.75. The molecule has 0 aromatic heterocycles. The minimum Gasteiger partial charge on any atom is -0.423 e. The van der Waals surface area contributed by atoms with Crippen molar-refractivity contribution in [2.45, 2.75) is 63.0 Å². The van der Waals surface area contributed by atoms with E-state index in [0.29, 0.717) is 5.56 Å². The van der Waals surface area contributed by atoms with Gasteiger partial charge in [0, 0.05) is 15.6 Å². The summed E-state index contributed by atoms with van der Waals surface area (Å²) in [5.74, 6) is -1.13. The van der Waals surface area contributed by atoms with Crippen LogP contribution in [0.3, 0.4) is 0 Å². The number of rotatable bonds is 6. The van der Waals surface area contributed by atoms with Crippen LogP contribution < -0.4 is 4.74 Å². The van der Waals surface area contributed by atoms with E-state index in [1.54, 1.807) is 18.2 Å². The number of ether oxygens (including phenoxy) is 1. The highest BCUT2D eigenvalue weighted by atomic mass is 28.2. The van der Waals surface area contributed by atoms with Crippen LogP contribution in [0.2, 0.25) is 11.6 Å². The predicted octanol–water partition coefficient (Wildman–Crippen LogP) is 6.07. The number of carbonyl (C=O) groups is 1. The number of benzene rings is 2. The molecule has 0 atom stereocenters. The van der Waals surface area contributed by atoms with E-state index in [0.717, 1.165) is 27.5 Å². The molecule has 1 saturated carbocycles. The summed E-state index contributed by atoms with van der Waals surface area (Å²) in [6.07, 6.45) is 6.08. The van der Waals surface area contributed by atoms with Gasteiger partial charge in [0.05, 0.1) is 11.1 Å². The molecule has 0 unspecified atom stereocenters. The molecule has 0 heterocycles. The van der Waals surface area contributed by atoms with Gasteiger partial charge in [0.1, 0.15) is 17.6 Å². The highest BCUT2D eigenvalue weighted by Gasteiger charge is 2.35. The van der Waals surface area contributed by atoms with Crippen LogP contribution >= 0.6 is 0 Å². The maximum Gasteiger partial charge on any atom is 0.343 e. The van der Waals surface area contributed by atoms with Gasteiger partial charge in [0.25, 0.3) is 0 Å². The van der Waals surface area contributed by atoms with E-state index in [9.17, 15) is 9.18 Å². The Morgan fingerprint density at radius 1 is 1.21 bits per heavy atom. The molecule has 3 nitrogen and oxygen atoms in total. The molecule has 0 saturated heterocycles. The normalized spacial score (nSPS) is 21.4. The van der Waals surface area contributed by atoms with Crippen molar-refractivity contribution < 1.29 is 13.9 Å². The first-order chi connectivity index (χ1) is 14.0. The molecule has 29 heavy (non-hydrogen) atoms. The summed E-state index contributed by atoms with van der Waals surface area (Å²) in [6.45, 7) is 4.52. The molecule has 150 valence electrons. The summed E-state index contributed by atoms with van der Waals surface area (Å²) in [5.41, 5.74) is 2.73. The molecule has 1 fully saturated rings. The smallest absolute Gasteiger partial charge is 0.343 e. The first-order valence-electron chi connectivity index (χ1n) is 10.3. The van der Waals surface area contributed by atoms with E-state index >= 15 is 0 Å². The Hall–Kier alpha value is -2.45. The zero-order chi connectivity index (χ0) is 20.9. The zero-order valence-corrected chi connectivity index (χ0v) is 18.0. The molecule has 0 N–H and O–H groups in total. The molecule has 0 bridgehead atoms. The fourth-order valence-electron chi connectivity index (χ4n) is 4.29. The molecule has 2 aromatic carbocycles. The molecule has 2 aromatic rings. The molecule has 0 aliphatic heterocycles. The Balaban J connectivity index is 1.70. The molecule has 5 heteroatoms. The third-order valence-corrected chi connectivity index (χ3v) is 7.68. The highest BCUT2D eigenvalue weighted by Crippen LogP contribution is 2.45. The van der Waals surface area contributed by atoms with Crippen LogP contribution in [-0.4, -0.2) is 15.5 Å². The summed E-state index contributed by atoms with van der Waals surface area (Å²) < 4.78 is 19.0. The molecule has 0 spiro atoms. The maximum absolute atomic E-state index is 13.7. The van der Waals surface area contributed by atoms with Crippen molar-refractivity contribution in [1.82, 2.24) is 0 Å². The second kappa shape index (κ2) is 9.36. The van der Waals surface area contributed by atoms with E-state index in [1.165, 1.54) is 49.4 Å². The van der Waals surface area contributed by atoms with Crippen LogP contribution in [0.15, 0.2) is 42.5 Å². The molecular formula is C24H26FNO2Si. The lowest BCUT2D eigenvalue weighted by molar-refractivity contribution is 0.0734. The number of hydrogen-bond donors (Lipinski definition) is 0. The zero-order valence-electron chi connectivity index (χ0n) is 17.0. The first kappa shape index (κ1) is 21.3. The van der Waals surface area contributed by atoms with E-state index in [4.69, 9.17) is 10.00 Å². The molecule has 1 aliphatic rings. The summed E-state index contributed by atoms with van der Waals surface area (Å²) in [5, 5.41) is 8.79. The quantitative estimate of drug-likeness (QED) is 0.332. The van der Waals surface area contributed by atoms with Gasteiger partial charge < -0.3 is 4.74 Å². The highest BCUT2D eigenvalue weighted by molar-refractivity contribution is 6.37. The Kier molecular flexibility index (Phi) is 6.86. The molecule has 0 amide bonds. The Morgan fingerprint density at radius 3 is 2.45 bits per heavy atom. The number of hydrogen-bond acceptors (Lipinski definition) is 3. The Morgan fingerprint density at radius 2 is 1.90 bits per heavy atom. The van der Waals surface area contributed by atoms with Gasteiger partial charge in [0.15, 0.2) is 0 Å². The summed E-state index contributed by atoms with van der Waals surface area (Å²) in [4.78, 5) is 12.4. The number of esters is 1. The van der Waals surface area contributed by atoms with Crippen molar-refractivity contribution in [2.24, 2.45) is 0 Å². The lowest BCUT2D eigenvalue weighted by atomic mass is 9.67. The fraction of sp³-hybridized carbons (Fsp3) is 0.417. The standard InChI is InChI=1S/C24H26FNO2Si/c1-3-24(13-11-21(12-14-24)29-4-2)19-8-5-17(6-9-19)23(27)28-20-10-7-18(16-26)22(25)15-20/h5-10,15,21H,3-4,11-14H2,1-2H3. The summed E-state index contributed by atoms with van der Waals surface area (Å²) in [6, 6.07) is 14.5. The molecule has 2 radical (unpaired) electrons.